The highest BCUT2D eigenvalue weighted by atomic mass is 32.1. The average molecular weight is 337 g/mol. The molecule has 1 saturated carbocycles. The summed E-state index contributed by atoms with van der Waals surface area (Å²) in [5.74, 6) is 3.00. The molecule has 2 fully saturated rings. The van der Waals surface area contributed by atoms with E-state index in [0.29, 0.717) is 22.5 Å². The van der Waals surface area contributed by atoms with Gasteiger partial charge in [0.15, 0.2) is 4.77 Å². The third kappa shape index (κ3) is 3.84. The van der Waals surface area contributed by atoms with Gasteiger partial charge in [-0.3, -0.25) is 9.89 Å². The predicted molar refractivity (Wildman–Crippen MR) is 92.7 cm³/mol. The second-order valence-electron chi connectivity index (χ2n) is 7.47. The van der Waals surface area contributed by atoms with E-state index in [4.69, 9.17) is 12.2 Å². The van der Waals surface area contributed by atoms with Crippen molar-refractivity contribution in [3.8, 4) is 0 Å². The van der Waals surface area contributed by atoms with Crippen LogP contribution in [0.2, 0.25) is 0 Å². The molecular weight excluding hydrogens is 308 g/mol. The molecule has 3 atom stereocenters. The Hall–Kier alpha value is -1.17. The van der Waals surface area contributed by atoms with Gasteiger partial charge in [0.25, 0.3) is 0 Å². The van der Waals surface area contributed by atoms with Crippen molar-refractivity contribution in [3.63, 3.8) is 0 Å². The summed E-state index contributed by atoms with van der Waals surface area (Å²) >= 11 is 5.21. The molecule has 1 aliphatic carbocycles. The fourth-order valence-electron chi connectivity index (χ4n) is 4.26. The third-order valence-corrected chi connectivity index (χ3v) is 5.93. The minimum absolute atomic E-state index is 0.302. The Morgan fingerprint density at radius 2 is 2.17 bits per heavy atom. The number of nitrogens with zero attached hydrogens (tertiary/aromatic N) is 3. The summed E-state index contributed by atoms with van der Waals surface area (Å²) in [5.41, 5.74) is 0. The molecule has 1 saturated heterocycles. The predicted octanol–water partition coefficient (Wildman–Crippen LogP) is 3.40. The van der Waals surface area contributed by atoms with E-state index >= 15 is 0 Å². The molecule has 1 aliphatic heterocycles. The van der Waals surface area contributed by atoms with Gasteiger partial charge in [-0.2, -0.15) is 5.10 Å². The molecule has 6 heteroatoms. The topological polar surface area (TPSA) is 53.9 Å². The van der Waals surface area contributed by atoms with Crippen LogP contribution >= 0.6 is 12.2 Å². The Kier molecular flexibility index (Phi) is 5.19. The van der Waals surface area contributed by atoms with Gasteiger partial charge in [-0.15, -0.1) is 0 Å². The van der Waals surface area contributed by atoms with Crippen LogP contribution in [-0.4, -0.2) is 38.7 Å². The molecule has 1 N–H and O–H groups in total. The number of amides is 1. The number of likely N-dealkylation sites (tertiary alicyclic amines) is 1. The molecule has 0 radical (unpaired) electrons. The van der Waals surface area contributed by atoms with Crippen molar-refractivity contribution >= 4 is 18.1 Å². The van der Waals surface area contributed by atoms with Crippen molar-refractivity contribution in [1.82, 2.24) is 19.7 Å². The zero-order valence-electron chi connectivity index (χ0n) is 14.3. The number of H-pyrrole nitrogens is 1. The molecule has 0 unspecified atom stereocenters. The molecule has 23 heavy (non-hydrogen) atoms. The molecular formula is C17H28N4OS. The van der Waals surface area contributed by atoms with Crippen LogP contribution in [0.25, 0.3) is 0 Å². The van der Waals surface area contributed by atoms with Crippen molar-refractivity contribution in [2.45, 2.75) is 57.8 Å². The Balaban J connectivity index is 1.60. The summed E-state index contributed by atoms with van der Waals surface area (Å²) in [6.07, 6.45) is 7.92. The first-order valence-corrected chi connectivity index (χ1v) is 9.34. The van der Waals surface area contributed by atoms with E-state index < -0.39 is 0 Å². The highest BCUT2D eigenvalue weighted by Gasteiger charge is 2.29. The highest BCUT2D eigenvalue weighted by Crippen LogP contribution is 2.32. The van der Waals surface area contributed by atoms with Gasteiger partial charge in [-0.05, 0) is 49.7 Å². The number of hydrogen-bond acceptors (Lipinski definition) is 3. The van der Waals surface area contributed by atoms with Crippen molar-refractivity contribution in [1.29, 1.82) is 0 Å². The second-order valence-corrected chi connectivity index (χ2v) is 7.85. The molecule has 0 spiro atoms. The van der Waals surface area contributed by atoms with Crippen molar-refractivity contribution < 1.29 is 4.79 Å². The van der Waals surface area contributed by atoms with Gasteiger partial charge >= 0.3 is 0 Å². The van der Waals surface area contributed by atoms with Gasteiger partial charge in [-0.1, -0.05) is 19.8 Å². The van der Waals surface area contributed by atoms with Gasteiger partial charge in [0.05, 0.1) is 0 Å². The lowest BCUT2D eigenvalue weighted by molar-refractivity contribution is -0.133. The minimum Gasteiger partial charge on any atom is -0.342 e. The molecule has 3 rings (SSSR count). The summed E-state index contributed by atoms with van der Waals surface area (Å²) < 4.78 is 2.59. The molecule has 1 aromatic rings. The van der Waals surface area contributed by atoms with Crippen LogP contribution in [0.5, 0.6) is 0 Å². The maximum Gasteiger partial charge on any atom is 0.222 e. The monoisotopic (exact) mass is 336 g/mol. The molecule has 2 aliphatic rings. The van der Waals surface area contributed by atoms with Crippen LogP contribution < -0.4 is 0 Å². The summed E-state index contributed by atoms with van der Waals surface area (Å²) in [7, 11) is 1.95. The van der Waals surface area contributed by atoms with Gasteiger partial charge in [0.2, 0.25) is 5.91 Å². The van der Waals surface area contributed by atoms with E-state index in [9.17, 15) is 4.79 Å². The number of carbonyl (C=O) groups excluding carboxylic acids is 1. The summed E-state index contributed by atoms with van der Waals surface area (Å²) in [5, 5.41) is 7.23. The lowest BCUT2D eigenvalue weighted by atomic mass is 9.80. The smallest absolute Gasteiger partial charge is 0.222 e. The van der Waals surface area contributed by atoms with Gasteiger partial charge < -0.3 is 9.47 Å². The molecule has 2 heterocycles. The van der Waals surface area contributed by atoms with Crippen LogP contribution in [0.3, 0.4) is 0 Å². The van der Waals surface area contributed by atoms with Crippen LogP contribution in [0.1, 0.15) is 63.6 Å². The third-order valence-electron chi connectivity index (χ3n) is 5.56. The fourth-order valence-corrected chi connectivity index (χ4v) is 4.40. The molecule has 0 aromatic carbocycles. The maximum atomic E-state index is 12.7. The lowest BCUT2D eigenvalue weighted by Crippen LogP contribution is -2.40. The Bertz CT molecular complexity index is 608. The zero-order valence-corrected chi connectivity index (χ0v) is 15.1. The van der Waals surface area contributed by atoms with Crippen LogP contribution in [-0.2, 0) is 11.8 Å². The first kappa shape index (κ1) is 16.7. The van der Waals surface area contributed by atoms with E-state index in [-0.39, 0.29) is 0 Å². The number of carbonyl (C=O) groups is 1. The first-order chi connectivity index (χ1) is 11.0. The standard InChI is InChI=1S/C17H28N4OS/c1-12-5-3-6-13(9-12)10-15(22)21-8-4-7-14(11-21)16-18-19-17(23)20(16)2/h12-14H,3-11H2,1-2H3,(H,19,23)/t12-,13-,14+/m1/s1. The minimum atomic E-state index is 0.302. The summed E-state index contributed by atoms with van der Waals surface area (Å²) in [4.78, 5) is 14.8. The quantitative estimate of drug-likeness (QED) is 0.861. The lowest BCUT2D eigenvalue weighted by Gasteiger charge is -2.34. The van der Waals surface area contributed by atoms with Crippen LogP contribution in [0, 0.1) is 16.6 Å². The van der Waals surface area contributed by atoms with E-state index in [0.717, 1.165) is 44.1 Å². The Morgan fingerprint density at radius 1 is 1.35 bits per heavy atom. The number of aromatic amines is 1. The SMILES string of the molecule is C[C@@H]1CCC[C@@H](CC(=O)N2CCC[C@H](c3n[nH]c(=S)n3C)C2)C1. The largest absolute Gasteiger partial charge is 0.342 e. The molecule has 5 nitrogen and oxygen atoms in total. The molecule has 1 aromatic heterocycles. The number of hydrogen-bond donors (Lipinski definition) is 1. The number of piperidine rings is 1. The summed E-state index contributed by atoms with van der Waals surface area (Å²) in [6.45, 7) is 4.00. The van der Waals surface area contributed by atoms with Crippen molar-refractivity contribution in [3.05, 3.63) is 10.6 Å². The van der Waals surface area contributed by atoms with Gasteiger partial charge in [0, 0.05) is 32.5 Å². The molecule has 128 valence electrons. The van der Waals surface area contributed by atoms with E-state index in [2.05, 4.69) is 22.0 Å². The van der Waals surface area contributed by atoms with Crippen LogP contribution in [0.4, 0.5) is 0 Å². The van der Waals surface area contributed by atoms with E-state index in [1.165, 1.54) is 25.7 Å². The fraction of sp³-hybridized carbons (Fsp3) is 0.824. The Morgan fingerprint density at radius 3 is 2.87 bits per heavy atom. The Labute approximate surface area is 143 Å². The van der Waals surface area contributed by atoms with Crippen molar-refractivity contribution in [2.75, 3.05) is 13.1 Å². The van der Waals surface area contributed by atoms with Gasteiger partial charge in [-0.25, -0.2) is 0 Å². The molecule has 1 amide bonds. The number of rotatable bonds is 3. The maximum absolute atomic E-state index is 12.7. The highest BCUT2D eigenvalue weighted by molar-refractivity contribution is 7.71. The molecule has 0 bridgehead atoms. The average Bonchev–Trinajstić information content (AvgIpc) is 2.87. The second kappa shape index (κ2) is 7.16. The normalized spacial score (nSPS) is 28.8. The number of nitrogens with one attached hydrogen (secondary N) is 1. The van der Waals surface area contributed by atoms with Crippen molar-refractivity contribution in [2.24, 2.45) is 18.9 Å². The first-order valence-electron chi connectivity index (χ1n) is 8.93. The van der Waals surface area contributed by atoms with E-state index in [1.54, 1.807) is 0 Å². The van der Waals surface area contributed by atoms with Gasteiger partial charge in [0.1, 0.15) is 5.82 Å². The van der Waals surface area contributed by atoms with Crippen LogP contribution in [0.15, 0.2) is 0 Å². The van der Waals surface area contributed by atoms with E-state index in [1.807, 2.05) is 11.6 Å². The summed E-state index contributed by atoms with van der Waals surface area (Å²) in [6, 6.07) is 0. The zero-order chi connectivity index (χ0) is 16.4. The number of aromatic nitrogens is 3.